The SMILES string of the molecule is CCCCCCCC/C=C\CCCCCCCCCC(=O)OC(COC(=O)CCCCCCCCCCCCCCCCCCCCCCCCCCCCCCCCCCCCCCCCCC)COP(=O)(O)OCCN. The molecule has 10 heteroatoms. The van der Waals surface area contributed by atoms with Gasteiger partial charge in [0.25, 0.3) is 0 Å². The van der Waals surface area contributed by atoms with Crippen LogP contribution in [0.3, 0.4) is 0 Å². The maximum absolute atomic E-state index is 12.7. The normalized spacial score (nSPS) is 12.9. The number of hydrogen-bond donors (Lipinski definition) is 2. The molecule has 0 radical (unpaired) electrons. The van der Waals surface area contributed by atoms with E-state index in [1.54, 1.807) is 0 Å². The van der Waals surface area contributed by atoms with E-state index in [4.69, 9.17) is 24.3 Å². The molecule has 0 saturated carbocycles. The number of hydrogen-bond acceptors (Lipinski definition) is 8. The largest absolute Gasteiger partial charge is 0.472 e. The molecule has 0 aliphatic heterocycles. The summed E-state index contributed by atoms with van der Waals surface area (Å²) < 4.78 is 33.1. The monoisotopic (exact) mass is 1120 g/mol. The van der Waals surface area contributed by atoms with Crippen molar-refractivity contribution < 1.29 is 37.6 Å². The third-order valence-corrected chi connectivity index (χ3v) is 16.9. The number of phosphoric ester groups is 1. The first-order chi connectivity index (χ1) is 38.3. The van der Waals surface area contributed by atoms with E-state index >= 15 is 0 Å². The van der Waals surface area contributed by atoms with Gasteiger partial charge in [0.05, 0.1) is 13.2 Å². The molecular weight excluding hydrogens is 990 g/mol. The topological polar surface area (TPSA) is 134 Å². The standard InChI is InChI=1S/C68H134NO8P/c1-3-5-7-9-11-13-15-17-19-21-22-23-24-25-26-27-28-29-30-31-32-33-34-35-36-37-38-39-40-41-42-43-45-46-48-50-52-54-56-58-60-67(70)74-64-66(65-76-78(72,73)75-63-62-69)77-68(71)61-59-57-55-53-51-49-47-44-20-18-16-14-12-10-8-6-4-2/h18,20,66H,3-17,19,21-65,69H2,1-2H3,(H,72,73)/b20-18-. The highest BCUT2D eigenvalue weighted by atomic mass is 31.2. The van der Waals surface area contributed by atoms with Crippen molar-refractivity contribution in [3.63, 3.8) is 0 Å². The van der Waals surface area contributed by atoms with E-state index < -0.39 is 26.5 Å². The van der Waals surface area contributed by atoms with Crippen LogP contribution in [0, 0.1) is 0 Å². The quantitative estimate of drug-likeness (QED) is 0.0264. The first kappa shape index (κ1) is 76.8. The number of rotatable bonds is 67. The second-order valence-corrected chi connectivity index (χ2v) is 25.2. The van der Waals surface area contributed by atoms with Crippen molar-refractivity contribution in [2.45, 2.75) is 386 Å². The number of phosphoric acid groups is 1. The summed E-state index contributed by atoms with van der Waals surface area (Å²) in [4.78, 5) is 35.2. The highest BCUT2D eigenvalue weighted by molar-refractivity contribution is 7.47. The first-order valence-corrected chi connectivity index (χ1v) is 36.2. The summed E-state index contributed by atoms with van der Waals surface area (Å²) in [6.07, 6.45) is 77.7. The van der Waals surface area contributed by atoms with E-state index in [9.17, 15) is 19.0 Å². The third-order valence-electron chi connectivity index (χ3n) is 15.9. The van der Waals surface area contributed by atoms with Gasteiger partial charge in [-0.15, -0.1) is 0 Å². The minimum atomic E-state index is -4.38. The van der Waals surface area contributed by atoms with Gasteiger partial charge in [0.15, 0.2) is 6.10 Å². The molecule has 0 aromatic rings. The zero-order valence-electron chi connectivity index (χ0n) is 52.2. The maximum Gasteiger partial charge on any atom is 0.472 e. The molecule has 78 heavy (non-hydrogen) atoms. The van der Waals surface area contributed by atoms with Gasteiger partial charge in [-0.1, -0.05) is 341 Å². The molecule has 2 atom stereocenters. The molecule has 0 aliphatic rings. The maximum atomic E-state index is 12.7. The van der Waals surface area contributed by atoms with Gasteiger partial charge >= 0.3 is 19.8 Å². The van der Waals surface area contributed by atoms with Gasteiger partial charge in [0, 0.05) is 19.4 Å². The molecule has 3 N–H and O–H groups in total. The number of allylic oxidation sites excluding steroid dienone is 2. The van der Waals surface area contributed by atoms with Crippen molar-refractivity contribution in [1.29, 1.82) is 0 Å². The molecule has 0 heterocycles. The van der Waals surface area contributed by atoms with Gasteiger partial charge in [-0.05, 0) is 38.5 Å². The molecule has 0 aromatic heterocycles. The van der Waals surface area contributed by atoms with Crippen molar-refractivity contribution in [3.05, 3.63) is 12.2 Å². The van der Waals surface area contributed by atoms with Crippen LogP contribution in [0.15, 0.2) is 12.2 Å². The number of unbranched alkanes of at least 4 members (excludes halogenated alkanes) is 52. The number of ether oxygens (including phenoxy) is 2. The molecule has 0 amide bonds. The average Bonchev–Trinajstić information content (AvgIpc) is 3.43. The summed E-state index contributed by atoms with van der Waals surface area (Å²) in [5, 5.41) is 0. The fourth-order valence-corrected chi connectivity index (χ4v) is 11.5. The molecule has 0 saturated heterocycles. The average molecular weight is 1120 g/mol. The van der Waals surface area contributed by atoms with E-state index in [0.29, 0.717) is 6.42 Å². The fourth-order valence-electron chi connectivity index (χ4n) is 10.8. The second-order valence-electron chi connectivity index (χ2n) is 23.8. The molecule has 0 aliphatic carbocycles. The number of esters is 2. The van der Waals surface area contributed by atoms with E-state index in [2.05, 4.69) is 26.0 Å². The molecular formula is C68H134NO8P. The Morgan fingerprint density at radius 1 is 0.372 bits per heavy atom. The molecule has 0 fully saturated rings. The predicted molar refractivity (Wildman–Crippen MR) is 335 cm³/mol. The van der Waals surface area contributed by atoms with Gasteiger partial charge in [-0.25, -0.2) is 4.57 Å². The lowest BCUT2D eigenvalue weighted by molar-refractivity contribution is -0.161. The van der Waals surface area contributed by atoms with Crippen molar-refractivity contribution in [2.75, 3.05) is 26.4 Å². The van der Waals surface area contributed by atoms with Crippen LogP contribution < -0.4 is 5.73 Å². The highest BCUT2D eigenvalue weighted by Gasteiger charge is 2.26. The zero-order valence-corrected chi connectivity index (χ0v) is 53.1. The van der Waals surface area contributed by atoms with Gasteiger partial charge in [0.1, 0.15) is 6.61 Å². The molecule has 0 bridgehead atoms. The van der Waals surface area contributed by atoms with Gasteiger partial charge in [0.2, 0.25) is 0 Å². The van der Waals surface area contributed by atoms with Crippen molar-refractivity contribution >= 4 is 19.8 Å². The Labute approximate surface area is 485 Å². The second kappa shape index (κ2) is 64.9. The summed E-state index contributed by atoms with van der Waals surface area (Å²) in [5.74, 6) is -0.811. The summed E-state index contributed by atoms with van der Waals surface area (Å²) in [7, 11) is -4.38. The van der Waals surface area contributed by atoms with E-state index in [1.807, 2.05) is 0 Å². The van der Waals surface area contributed by atoms with Crippen LogP contribution in [0.4, 0.5) is 0 Å². The van der Waals surface area contributed by atoms with Gasteiger partial charge < -0.3 is 20.1 Å². The Morgan fingerprint density at radius 3 is 0.910 bits per heavy atom. The number of carbonyl (C=O) groups is 2. The van der Waals surface area contributed by atoms with Crippen molar-refractivity contribution in [3.8, 4) is 0 Å². The molecule has 0 spiro atoms. The smallest absolute Gasteiger partial charge is 0.462 e. The van der Waals surface area contributed by atoms with Crippen LogP contribution in [-0.2, 0) is 32.7 Å². The van der Waals surface area contributed by atoms with Crippen LogP contribution in [0.2, 0.25) is 0 Å². The zero-order chi connectivity index (χ0) is 56.6. The van der Waals surface area contributed by atoms with E-state index in [1.165, 1.54) is 302 Å². The Morgan fingerprint density at radius 2 is 0.628 bits per heavy atom. The first-order valence-electron chi connectivity index (χ1n) is 34.7. The molecule has 464 valence electrons. The predicted octanol–water partition coefficient (Wildman–Crippen LogP) is 22.4. The van der Waals surface area contributed by atoms with Crippen LogP contribution in [0.5, 0.6) is 0 Å². The van der Waals surface area contributed by atoms with E-state index in [0.717, 1.165) is 44.9 Å². The van der Waals surface area contributed by atoms with Crippen LogP contribution >= 0.6 is 7.82 Å². The Kier molecular flexibility index (Phi) is 63.9. The third kappa shape index (κ3) is 63.9. The summed E-state index contributed by atoms with van der Waals surface area (Å²) in [6, 6.07) is 0. The van der Waals surface area contributed by atoms with Gasteiger partial charge in [-0.3, -0.25) is 18.6 Å². The lowest BCUT2D eigenvalue weighted by Gasteiger charge is -2.19. The summed E-state index contributed by atoms with van der Waals surface area (Å²) >= 11 is 0. The number of nitrogens with two attached hydrogens (primary N) is 1. The lowest BCUT2D eigenvalue weighted by Crippen LogP contribution is -2.29. The molecule has 0 aromatic carbocycles. The Hall–Kier alpha value is -1.25. The fraction of sp³-hybridized carbons (Fsp3) is 0.941. The van der Waals surface area contributed by atoms with Crippen molar-refractivity contribution in [2.24, 2.45) is 5.73 Å². The number of carbonyl (C=O) groups excluding carboxylic acids is 2. The summed E-state index contributed by atoms with van der Waals surface area (Å²) in [6.45, 7) is 3.80. The van der Waals surface area contributed by atoms with Gasteiger partial charge in [-0.2, -0.15) is 0 Å². The summed E-state index contributed by atoms with van der Waals surface area (Å²) in [5.41, 5.74) is 5.39. The van der Waals surface area contributed by atoms with E-state index in [-0.39, 0.29) is 38.6 Å². The molecule has 2 unspecified atom stereocenters. The Bertz CT molecular complexity index is 1280. The highest BCUT2D eigenvalue weighted by Crippen LogP contribution is 2.43. The lowest BCUT2D eigenvalue weighted by atomic mass is 10.0. The van der Waals surface area contributed by atoms with Crippen molar-refractivity contribution in [1.82, 2.24) is 0 Å². The van der Waals surface area contributed by atoms with Crippen LogP contribution in [0.1, 0.15) is 380 Å². The molecule has 9 nitrogen and oxygen atoms in total. The minimum Gasteiger partial charge on any atom is -0.462 e. The Balaban J connectivity index is 3.69. The minimum absolute atomic E-state index is 0.0560. The molecule has 0 rings (SSSR count). The van der Waals surface area contributed by atoms with Crippen LogP contribution in [0.25, 0.3) is 0 Å². The van der Waals surface area contributed by atoms with Crippen LogP contribution in [-0.4, -0.2) is 49.3 Å².